The van der Waals surface area contributed by atoms with Crippen LogP contribution in [-0.2, 0) is 4.79 Å². The first kappa shape index (κ1) is 15.1. The van der Waals surface area contributed by atoms with E-state index in [1.54, 1.807) is 0 Å². The number of amides is 2. The summed E-state index contributed by atoms with van der Waals surface area (Å²) < 4.78 is 0. The van der Waals surface area contributed by atoms with Crippen molar-refractivity contribution in [3.8, 4) is 0 Å². The molecule has 5 heteroatoms. The van der Waals surface area contributed by atoms with Crippen LogP contribution in [0.4, 0.5) is 4.79 Å². The maximum Gasteiger partial charge on any atom is 0.320 e. The Hall–Kier alpha value is -1.26. The number of carboxylic acid groups (broad SMARTS) is 1. The smallest absolute Gasteiger partial charge is 0.320 e. The van der Waals surface area contributed by atoms with E-state index in [1.165, 1.54) is 19.3 Å². The number of fused-ring (bicyclic) bond motifs is 1. The molecular formula is C15H26N2O3. The largest absolute Gasteiger partial charge is 0.481 e. The summed E-state index contributed by atoms with van der Waals surface area (Å²) in [5.41, 5.74) is 0. The maximum atomic E-state index is 12.6. The molecule has 20 heavy (non-hydrogen) atoms. The topological polar surface area (TPSA) is 60.9 Å². The molecule has 2 fully saturated rings. The first-order valence-electron chi connectivity index (χ1n) is 7.76. The minimum absolute atomic E-state index is 0.0970. The summed E-state index contributed by atoms with van der Waals surface area (Å²) in [5.74, 6) is 0.607. The predicted octanol–water partition coefficient (Wildman–Crippen LogP) is 2.41. The zero-order valence-electron chi connectivity index (χ0n) is 12.5. The number of carboxylic acids is 1. The molecular weight excluding hydrogens is 256 g/mol. The standard InChI is InChI=1S/C15H26N2O3/c1-11(2)17(8-4-7-14(18)19)15(20)16-9-12-5-3-6-13(12)10-16/h11-13H,3-10H2,1-2H3,(H,18,19). The van der Waals surface area contributed by atoms with E-state index in [9.17, 15) is 9.59 Å². The molecule has 2 unspecified atom stereocenters. The summed E-state index contributed by atoms with van der Waals surface area (Å²) in [6, 6.07) is 0.219. The van der Waals surface area contributed by atoms with E-state index in [2.05, 4.69) is 0 Å². The number of hydrogen-bond acceptors (Lipinski definition) is 2. The Kier molecular flexibility index (Phi) is 4.89. The number of carbonyl (C=O) groups is 2. The van der Waals surface area contributed by atoms with Gasteiger partial charge >= 0.3 is 12.0 Å². The lowest BCUT2D eigenvalue weighted by Gasteiger charge is -2.31. The Morgan fingerprint density at radius 1 is 1.25 bits per heavy atom. The van der Waals surface area contributed by atoms with Crippen molar-refractivity contribution in [2.24, 2.45) is 11.8 Å². The molecule has 1 saturated heterocycles. The third-order valence-corrected chi connectivity index (χ3v) is 4.66. The maximum absolute atomic E-state index is 12.6. The normalized spacial score (nSPS) is 25.1. The molecule has 1 aliphatic heterocycles. The monoisotopic (exact) mass is 282 g/mol. The second-order valence-electron chi connectivity index (χ2n) is 6.42. The quantitative estimate of drug-likeness (QED) is 0.842. The zero-order valence-corrected chi connectivity index (χ0v) is 12.5. The minimum Gasteiger partial charge on any atom is -0.481 e. The number of likely N-dealkylation sites (tertiary alicyclic amines) is 1. The number of nitrogens with zero attached hydrogens (tertiary/aromatic N) is 2. The number of rotatable bonds is 5. The van der Waals surface area contributed by atoms with E-state index in [0.29, 0.717) is 24.8 Å². The highest BCUT2D eigenvalue weighted by Crippen LogP contribution is 2.38. The molecule has 2 rings (SSSR count). The van der Waals surface area contributed by atoms with Gasteiger partial charge in [-0.05, 0) is 44.9 Å². The Labute approximate surface area is 120 Å². The lowest BCUT2D eigenvalue weighted by atomic mass is 10.0. The van der Waals surface area contributed by atoms with Gasteiger partial charge in [0.15, 0.2) is 0 Å². The van der Waals surface area contributed by atoms with Crippen LogP contribution in [0.15, 0.2) is 0 Å². The van der Waals surface area contributed by atoms with E-state index in [-0.39, 0.29) is 18.5 Å². The van der Waals surface area contributed by atoms with E-state index in [0.717, 1.165) is 13.1 Å². The van der Waals surface area contributed by atoms with Gasteiger partial charge < -0.3 is 14.9 Å². The molecule has 5 nitrogen and oxygen atoms in total. The number of hydrogen-bond donors (Lipinski definition) is 1. The van der Waals surface area contributed by atoms with Crippen LogP contribution in [-0.4, -0.2) is 52.6 Å². The van der Waals surface area contributed by atoms with Gasteiger partial charge in [-0.15, -0.1) is 0 Å². The van der Waals surface area contributed by atoms with Crippen LogP contribution in [0.3, 0.4) is 0 Å². The summed E-state index contributed by atoms with van der Waals surface area (Å²) in [4.78, 5) is 27.0. The molecule has 1 N–H and O–H groups in total. The van der Waals surface area contributed by atoms with Crippen LogP contribution >= 0.6 is 0 Å². The third kappa shape index (κ3) is 3.44. The Bertz CT molecular complexity index is 358. The van der Waals surface area contributed by atoms with Gasteiger partial charge in [-0.25, -0.2) is 4.79 Å². The molecule has 0 bridgehead atoms. The van der Waals surface area contributed by atoms with E-state index in [4.69, 9.17) is 5.11 Å². The molecule has 114 valence electrons. The molecule has 0 aromatic rings. The fourth-order valence-electron chi connectivity index (χ4n) is 3.55. The average molecular weight is 282 g/mol. The Morgan fingerprint density at radius 3 is 2.35 bits per heavy atom. The van der Waals surface area contributed by atoms with Crippen molar-refractivity contribution < 1.29 is 14.7 Å². The van der Waals surface area contributed by atoms with E-state index < -0.39 is 5.97 Å². The van der Waals surface area contributed by atoms with Gasteiger partial charge in [-0.1, -0.05) is 6.42 Å². The molecule has 2 amide bonds. The molecule has 0 aromatic heterocycles. The van der Waals surface area contributed by atoms with Crippen LogP contribution in [0.1, 0.15) is 46.0 Å². The molecule has 0 aromatic carbocycles. The second kappa shape index (κ2) is 6.46. The van der Waals surface area contributed by atoms with Gasteiger partial charge in [-0.3, -0.25) is 4.79 Å². The van der Waals surface area contributed by atoms with Gasteiger partial charge in [-0.2, -0.15) is 0 Å². The van der Waals surface area contributed by atoms with Crippen molar-refractivity contribution in [3.63, 3.8) is 0 Å². The number of urea groups is 1. The van der Waals surface area contributed by atoms with Crippen molar-refractivity contribution >= 4 is 12.0 Å². The van der Waals surface area contributed by atoms with Crippen molar-refractivity contribution in [1.29, 1.82) is 0 Å². The highest BCUT2D eigenvalue weighted by atomic mass is 16.4. The molecule has 0 spiro atoms. The van der Waals surface area contributed by atoms with Gasteiger partial charge in [0.05, 0.1) is 0 Å². The SMILES string of the molecule is CC(C)N(CCCC(=O)O)C(=O)N1CC2CCCC2C1. The zero-order chi connectivity index (χ0) is 14.7. The lowest BCUT2D eigenvalue weighted by Crippen LogP contribution is -2.46. The van der Waals surface area contributed by atoms with Gasteiger partial charge in [0.2, 0.25) is 0 Å². The average Bonchev–Trinajstić information content (AvgIpc) is 2.93. The van der Waals surface area contributed by atoms with Gasteiger partial charge in [0, 0.05) is 32.1 Å². The predicted molar refractivity (Wildman–Crippen MR) is 76.5 cm³/mol. The van der Waals surface area contributed by atoms with Crippen LogP contribution in [0, 0.1) is 11.8 Å². The molecule has 1 heterocycles. The Morgan fingerprint density at radius 2 is 1.85 bits per heavy atom. The molecule has 2 aliphatic rings. The van der Waals surface area contributed by atoms with Crippen LogP contribution < -0.4 is 0 Å². The summed E-state index contributed by atoms with van der Waals surface area (Å²) >= 11 is 0. The summed E-state index contributed by atoms with van der Waals surface area (Å²) in [6.07, 6.45) is 4.48. The molecule has 1 aliphatic carbocycles. The van der Waals surface area contributed by atoms with Crippen molar-refractivity contribution in [2.75, 3.05) is 19.6 Å². The van der Waals surface area contributed by atoms with Crippen molar-refractivity contribution in [1.82, 2.24) is 9.80 Å². The Balaban J connectivity index is 1.88. The van der Waals surface area contributed by atoms with E-state index in [1.807, 2.05) is 23.6 Å². The van der Waals surface area contributed by atoms with Crippen LogP contribution in [0.25, 0.3) is 0 Å². The molecule has 1 saturated carbocycles. The van der Waals surface area contributed by atoms with Crippen molar-refractivity contribution in [2.45, 2.75) is 52.0 Å². The summed E-state index contributed by atoms with van der Waals surface area (Å²) in [6.45, 7) is 6.32. The van der Waals surface area contributed by atoms with Crippen LogP contribution in [0.2, 0.25) is 0 Å². The fourth-order valence-corrected chi connectivity index (χ4v) is 3.55. The number of aliphatic carboxylic acids is 1. The summed E-state index contributed by atoms with van der Waals surface area (Å²) in [5, 5.41) is 8.71. The van der Waals surface area contributed by atoms with Crippen molar-refractivity contribution in [3.05, 3.63) is 0 Å². The van der Waals surface area contributed by atoms with Crippen LogP contribution in [0.5, 0.6) is 0 Å². The minimum atomic E-state index is -0.795. The fraction of sp³-hybridized carbons (Fsp3) is 0.867. The summed E-state index contributed by atoms with van der Waals surface area (Å²) in [7, 11) is 0. The third-order valence-electron chi connectivity index (χ3n) is 4.66. The highest BCUT2D eigenvalue weighted by Gasteiger charge is 2.39. The van der Waals surface area contributed by atoms with E-state index >= 15 is 0 Å². The van der Waals surface area contributed by atoms with Gasteiger partial charge in [0.25, 0.3) is 0 Å². The lowest BCUT2D eigenvalue weighted by molar-refractivity contribution is -0.137. The van der Waals surface area contributed by atoms with Gasteiger partial charge in [0.1, 0.15) is 0 Å². The second-order valence-corrected chi connectivity index (χ2v) is 6.42. The number of carbonyl (C=O) groups excluding carboxylic acids is 1. The highest BCUT2D eigenvalue weighted by molar-refractivity contribution is 5.75. The molecule has 2 atom stereocenters. The first-order valence-corrected chi connectivity index (χ1v) is 7.76. The molecule has 0 radical (unpaired) electrons. The first-order chi connectivity index (χ1) is 9.49.